The van der Waals surface area contributed by atoms with E-state index in [1.165, 1.54) is 0 Å². The molecule has 0 bridgehead atoms. The van der Waals surface area contributed by atoms with Gasteiger partial charge in [-0.1, -0.05) is 25.5 Å². The van der Waals surface area contributed by atoms with E-state index in [-0.39, 0.29) is 5.43 Å². The number of aromatic amines is 1. The molecule has 110 valence electrons. The van der Waals surface area contributed by atoms with E-state index >= 15 is 0 Å². The predicted molar refractivity (Wildman–Crippen MR) is 90.3 cm³/mol. The van der Waals surface area contributed by atoms with Gasteiger partial charge >= 0.3 is 0 Å². The smallest absolute Gasteiger partial charge is 0.199 e. The molecular formula is C18H17N3O. The second-order valence-corrected chi connectivity index (χ2v) is 5.65. The van der Waals surface area contributed by atoms with Crippen molar-refractivity contribution >= 4 is 32.8 Å². The predicted octanol–water partition coefficient (Wildman–Crippen LogP) is 3.83. The second-order valence-electron chi connectivity index (χ2n) is 5.65. The lowest BCUT2D eigenvalue weighted by molar-refractivity contribution is 0.646. The van der Waals surface area contributed by atoms with Crippen molar-refractivity contribution in [3.8, 4) is 0 Å². The highest BCUT2D eigenvalue weighted by molar-refractivity contribution is 6.06. The Kier molecular flexibility index (Phi) is 2.96. The molecule has 2 aromatic carbocycles. The van der Waals surface area contributed by atoms with Crippen LogP contribution in [-0.4, -0.2) is 14.5 Å². The normalized spacial score (nSPS) is 11.7. The molecule has 0 aliphatic heterocycles. The van der Waals surface area contributed by atoms with Crippen LogP contribution in [0.15, 0.2) is 47.5 Å². The summed E-state index contributed by atoms with van der Waals surface area (Å²) >= 11 is 0. The van der Waals surface area contributed by atoms with Crippen molar-refractivity contribution in [3.63, 3.8) is 0 Å². The number of hydrogen-bond donors (Lipinski definition) is 1. The summed E-state index contributed by atoms with van der Waals surface area (Å²) in [5.74, 6) is 0. The average molecular weight is 291 g/mol. The van der Waals surface area contributed by atoms with Crippen molar-refractivity contribution in [2.75, 3.05) is 0 Å². The fourth-order valence-electron chi connectivity index (χ4n) is 3.04. The van der Waals surface area contributed by atoms with Gasteiger partial charge in [-0.2, -0.15) is 0 Å². The number of rotatable bonds is 3. The maximum Gasteiger partial charge on any atom is 0.199 e. The molecule has 0 saturated carbocycles. The van der Waals surface area contributed by atoms with E-state index in [4.69, 9.17) is 0 Å². The third kappa shape index (κ3) is 1.84. The van der Waals surface area contributed by atoms with Crippen LogP contribution in [-0.2, 0) is 6.54 Å². The van der Waals surface area contributed by atoms with E-state index in [2.05, 4.69) is 21.5 Å². The maximum atomic E-state index is 12.9. The minimum absolute atomic E-state index is 0.0516. The first kappa shape index (κ1) is 13.1. The van der Waals surface area contributed by atoms with Crippen molar-refractivity contribution in [1.29, 1.82) is 0 Å². The van der Waals surface area contributed by atoms with Crippen LogP contribution in [0.25, 0.3) is 32.8 Å². The third-order valence-electron chi connectivity index (χ3n) is 4.21. The minimum Gasteiger partial charge on any atom is -0.354 e. The molecule has 4 heteroatoms. The zero-order valence-electron chi connectivity index (χ0n) is 12.5. The van der Waals surface area contributed by atoms with Crippen LogP contribution in [0.1, 0.15) is 19.8 Å². The van der Waals surface area contributed by atoms with Gasteiger partial charge in [0, 0.05) is 17.4 Å². The van der Waals surface area contributed by atoms with Crippen molar-refractivity contribution in [3.05, 3.63) is 52.9 Å². The molecule has 0 saturated heterocycles. The number of aromatic nitrogens is 3. The summed E-state index contributed by atoms with van der Waals surface area (Å²) in [4.78, 5) is 20.7. The first-order valence-electron chi connectivity index (χ1n) is 7.68. The lowest BCUT2D eigenvalue weighted by Crippen LogP contribution is -2.05. The molecule has 4 nitrogen and oxygen atoms in total. The number of unbranched alkanes of at least 4 members (excludes halogenated alkanes) is 1. The van der Waals surface area contributed by atoms with Gasteiger partial charge in [-0.25, -0.2) is 4.98 Å². The minimum atomic E-state index is 0.0516. The fourth-order valence-corrected chi connectivity index (χ4v) is 3.04. The zero-order chi connectivity index (χ0) is 15.1. The summed E-state index contributed by atoms with van der Waals surface area (Å²) in [6, 6.07) is 11.6. The molecule has 2 aromatic heterocycles. The number of nitrogens with zero attached hydrogens (tertiary/aromatic N) is 2. The fraction of sp³-hybridized carbons (Fsp3) is 0.222. The zero-order valence-corrected chi connectivity index (χ0v) is 12.5. The van der Waals surface area contributed by atoms with Crippen LogP contribution in [0.5, 0.6) is 0 Å². The summed E-state index contributed by atoms with van der Waals surface area (Å²) in [6.07, 6.45) is 4.09. The standard InChI is InChI=1S/C18H17N3O/c1-2-3-10-21-11-19-17-15(21)9-8-14-16(17)18(22)12-6-4-5-7-13(12)20-14/h4-9,11H,2-3,10H2,1H3,(H,20,22). The van der Waals surface area contributed by atoms with Crippen LogP contribution in [0.2, 0.25) is 0 Å². The van der Waals surface area contributed by atoms with E-state index in [0.29, 0.717) is 10.8 Å². The number of H-pyrrole nitrogens is 1. The van der Waals surface area contributed by atoms with Gasteiger partial charge in [0.15, 0.2) is 5.43 Å². The number of aryl methyl sites for hydroxylation is 1. The number of imidazole rings is 1. The van der Waals surface area contributed by atoms with Gasteiger partial charge in [-0.05, 0) is 30.7 Å². The molecule has 0 atom stereocenters. The highest BCUT2D eigenvalue weighted by atomic mass is 16.1. The largest absolute Gasteiger partial charge is 0.354 e. The Labute approximate surface area is 127 Å². The molecule has 1 N–H and O–H groups in total. The van der Waals surface area contributed by atoms with E-state index in [1.807, 2.05) is 42.7 Å². The van der Waals surface area contributed by atoms with Crippen LogP contribution in [0.4, 0.5) is 0 Å². The van der Waals surface area contributed by atoms with Crippen molar-refractivity contribution in [1.82, 2.24) is 14.5 Å². The molecule has 0 amide bonds. The second kappa shape index (κ2) is 4.98. The van der Waals surface area contributed by atoms with Gasteiger partial charge in [0.05, 0.1) is 22.7 Å². The van der Waals surface area contributed by atoms with Gasteiger partial charge in [0.2, 0.25) is 0 Å². The lowest BCUT2D eigenvalue weighted by atomic mass is 10.1. The lowest BCUT2D eigenvalue weighted by Gasteiger charge is -2.05. The molecule has 0 aliphatic rings. The Morgan fingerprint density at radius 3 is 2.86 bits per heavy atom. The summed E-state index contributed by atoms with van der Waals surface area (Å²) < 4.78 is 2.13. The summed E-state index contributed by atoms with van der Waals surface area (Å²) in [5.41, 5.74) is 3.58. The molecule has 2 heterocycles. The first-order chi connectivity index (χ1) is 10.8. The quantitative estimate of drug-likeness (QED) is 0.583. The monoisotopic (exact) mass is 291 g/mol. The molecule has 0 fully saturated rings. The van der Waals surface area contributed by atoms with Crippen LogP contribution in [0.3, 0.4) is 0 Å². The van der Waals surface area contributed by atoms with Gasteiger partial charge in [0.1, 0.15) is 5.52 Å². The molecule has 0 radical (unpaired) electrons. The number of nitrogens with one attached hydrogen (secondary N) is 1. The number of benzene rings is 2. The first-order valence-corrected chi connectivity index (χ1v) is 7.68. The Hall–Kier alpha value is -2.62. The van der Waals surface area contributed by atoms with E-state index in [1.54, 1.807) is 0 Å². The summed E-state index contributed by atoms with van der Waals surface area (Å²) in [7, 11) is 0. The molecule has 4 aromatic rings. The Morgan fingerprint density at radius 2 is 2.00 bits per heavy atom. The van der Waals surface area contributed by atoms with Crippen molar-refractivity contribution < 1.29 is 0 Å². The van der Waals surface area contributed by atoms with Crippen molar-refractivity contribution in [2.24, 2.45) is 0 Å². The molecule has 4 rings (SSSR count). The van der Waals surface area contributed by atoms with E-state index < -0.39 is 0 Å². The Balaban J connectivity index is 2.09. The van der Waals surface area contributed by atoms with Gasteiger partial charge in [-0.3, -0.25) is 4.79 Å². The van der Waals surface area contributed by atoms with Gasteiger partial charge < -0.3 is 9.55 Å². The number of pyridine rings is 1. The molecule has 0 unspecified atom stereocenters. The average Bonchev–Trinajstić information content (AvgIpc) is 2.96. The summed E-state index contributed by atoms with van der Waals surface area (Å²) in [5, 5.41) is 1.40. The van der Waals surface area contributed by atoms with E-state index in [9.17, 15) is 4.79 Å². The van der Waals surface area contributed by atoms with Crippen molar-refractivity contribution in [2.45, 2.75) is 26.3 Å². The number of hydrogen-bond acceptors (Lipinski definition) is 2. The van der Waals surface area contributed by atoms with Crippen LogP contribution >= 0.6 is 0 Å². The maximum absolute atomic E-state index is 12.9. The third-order valence-corrected chi connectivity index (χ3v) is 4.21. The highest BCUT2D eigenvalue weighted by Crippen LogP contribution is 2.23. The number of para-hydroxylation sites is 1. The molecular weight excluding hydrogens is 274 g/mol. The van der Waals surface area contributed by atoms with Gasteiger partial charge in [-0.15, -0.1) is 0 Å². The molecule has 22 heavy (non-hydrogen) atoms. The Bertz CT molecular complexity index is 1040. The molecule has 0 spiro atoms. The van der Waals surface area contributed by atoms with Crippen LogP contribution in [0, 0.1) is 0 Å². The highest BCUT2D eigenvalue weighted by Gasteiger charge is 2.12. The summed E-state index contributed by atoms with van der Waals surface area (Å²) in [6.45, 7) is 3.11. The van der Waals surface area contributed by atoms with Gasteiger partial charge in [0.25, 0.3) is 0 Å². The topological polar surface area (TPSA) is 50.7 Å². The SMILES string of the molecule is CCCCn1cnc2c3c(=O)c4ccccc4[nH]c3ccc21. The van der Waals surface area contributed by atoms with Crippen LogP contribution < -0.4 is 5.43 Å². The van der Waals surface area contributed by atoms with E-state index in [0.717, 1.165) is 41.5 Å². The number of fused-ring (bicyclic) bond motifs is 4. The molecule has 0 aliphatic carbocycles. The Morgan fingerprint density at radius 1 is 1.14 bits per heavy atom.